The van der Waals surface area contributed by atoms with Crippen molar-refractivity contribution >= 4 is 74.7 Å². The van der Waals surface area contributed by atoms with Crippen molar-refractivity contribution in [3.63, 3.8) is 0 Å². The maximum atomic E-state index is 13.1. The monoisotopic (exact) mass is 549 g/mol. The summed E-state index contributed by atoms with van der Waals surface area (Å²) in [6.45, 7) is 0.564. The second-order valence-corrected chi connectivity index (χ2v) is 10.2. The second-order valence-electron chi connectivity index (χ2n) is 8.37. The lowest BCUT2D eigenvalue weighted by Gasteiger charge is -2.08. The fraction of sp³-hybridized carbons (Fsp3) is 0.107. The number of carbonyl (C=O) groups excluding carboxylic acids is 2. The van der Waals surface area contributed by atoms with E-state index in [-0.39, 0.29) is 5.91 Å². The lowest BCUT2D eigenvalue weighted by molar-refractivity contribution is -0.121. The van der Waals surface area contributed by atoms with Crippen LogP contribution in [0.5, 0.6) is 0 Å². The van der Waals surface area contributed by atoms with Gasteiger partial charge in [-0.3, -0.25) is 9.69 Å². The quantitative estimate of drug-likeness (QED) is 0.198. The van der Waals surface area contributed by atoms with Gasteiger partial charge in [-0.25, -0.2) is 9.79 Å². The highest BCUT2D eigenvalue weighted by Crippen LogP contribution is 2.35. The van der Waals surface area contributed by atoms with Gasteiger partial charge < -0.3 is 9.30 Å². The third-order valence-electron chi connectivity index (χ3n) is 5.98. The van der Waals surface area contributed by atoms with E-state index in [1.54, 1.807) is 37.4 Å². The number of thioether (sulfide) groups is 1. The van der Waals surface area contributed by atoms with Crippen molar-refractivity contribution in [3.05, 3.63) is 105 Å². The van der Waals surface area contributed by atoms with Crippen LogP contribution in [0, 0.1) is 0 Å². The largest absolute Gasteiger partial charge is 0.465 e. The van der Waals surface area contributed by atoms with E-state index in [9.17, 15) is 9.59 Å². The normalized spacial score (nSPS) is 15.8. The Bertz CT molecular complexity index is 1590. The van der Waals surface area contributed by atoms with Crippen molar-refractivity contribution in [2.45, 2.75) is 6.54 Å². The van der Waals surface area contributed by atoms with Crippen molar-refractivity contribution < 1.29 is 14.3 Å². The maximum Gasteiger partial charge on any atom is 0.337 e. The van der Waals surface area contributed by atoms with E-state index in [0.717, 1.165) is 22.0 Å². The van der Waals surface area contributed by atoms with Crippen molar-refractivity contribution in [1.29, 1.82) is 0 Å². The number of carbonyl (C=O) groups is 2. The molecule has 37 heavy (non-hydrogen) atoms. The zero-order valence-electron chi connectivity index (χ0n) is 19.9. The summed E-state index contributed by atoms with van der Waals surface area (Å²) in [5.74, 6) is -0.544. The first-order valence-corrected chi connectivity index (χ1v) is 12.9. The SMILES string of the molecule is COC(=O)c1ccc(N=C2S/C(=C\c3cn(Cc4ccc(Cl)cc4Cl)c4ccccc34)C(=O)N2C)cc1. The van der Waals surface area contributed by atoms with Crippen LogP contribution in [-0.4, -0.2) is 40.7 Å². The Labute approximate surface area is 228 Å². The average molecular weight is 550 g/mol. The molecule has 0 radical (unpaired) electrons. The topological polar surface area (TPSA) is 63.9 Å². The molecule has 0 atom stereocenters. The van der Waals surface area contributed by atoms with Gasteiger partial charge in [0.05, 0.1) is 23.3 Å². The number of nitrogens with zero attached hydrogens (tertiary/aromatic N) is 3. The molecule has 3 aromatic carbocycles. The summed E-state index contributed by atoms with van der Waals surface area (Å²) in [6, 6.07) is 20.2. The molecule has 1 saturated heterocycles. The van der Waals surface area contributed by atoms with Gasteiger partial charge in [-0.1, -0.05) is 47.5 Å². The minimum Gasteiger partial charge on any atom is -0.465 e. The molecule has 0 spiro atoms. The first kappa shape index (κ1) is 25.1. The molecule has 4 aromatic rings. The summed E-state index contributed by atoms with van der Waals surface area (Å²) in [5, 5.41) is 2.78. The van der Waals surface area contributed by atoms with Gasteiger partial charge in [-0.2, -0.15) is 0 Å². The predicted octanol–water partition coefficient (Wildman–Crippen LogP) is 7.02. The Morgan fingerprint density at radius 2 is 1.84 bits per heavy atom. The maximum absolute atomic E-state index is 13.1. The number of amides is 1. The minimum atomic E-state index is -0.413. The number of likely N-dealkylation sites (N-methyl/N-ethyl adjacent to an activating group) is 1. The Balaban J connectivity index is 1.46. The number of halogens is 2. The molecule has 0 unspecified atom stereocenters. The summed E-state index contributed by atoms with van der Waals surface area (Å²) in [4.78, 5) is 31.4. The fourth-order valence-electron chi connectivity index (χ4n) is 4.05. The van der Waals surface area contributed by atoms with E-state index < -0.39 is 5.97 Å². The molecular weight excluding hydrogens is 529 g/mol. The third-order valence-corrected chi connectivity index (χ3v) is 7.63. The standard InChI is InChI=1S/C28H21Cl2N3O3S/c1-32-26(34)25(37-28(32)31-21-11-8-17(9-12-21)27(35)36-2)13-19-16-33(24-6-4-3-5-22(19)24)15-18-7-10-20(29)14-23(18)30/h3-14,16H,15H2,1-2H3/b25-13-,31-28?. The summed E-state index contributed by atoms with van der Waals surface area (Å²) in [5.41, 5.74) is 3.97. The summed E-state index contributed by atoms with van der Waals surface area (Å²) < 4.78 is 6.85. The number of esters is 1. The molecule has 9 heteroatoms. The molecule has 1 aliphatic heterocycles. The molecule has 186 valence electrons. The molecular formula is C28H21Cl2N3O3S. The van der Waals surface area contributed by atoms with E-state index in [0.29, 0.717) is 37.9 Å². The highest BCUT2D eigenvalue weighted by Gasteiger charge is 2.30. The van der Waals surface area contributed by atoms with Crippen LogP contribution in [0.3, 0.4) is 0 Å². The van der Waals surface area contributed by atoms with Gasteiger partial charge in [0.15, 0.2) is 5.17 Å². The number of hydrogen-bond donors (Lipinski definition) is 0. The third kappa shape index (κ3) is 5.16. The lowest BCUT2D eigenvalue weighted by Crippen LogP contribution is -2.23. The minimum absolute atomic E-state index is 0.132. The van der Waals surface area contributed by atoms with Gasteiger partial charge in [0.2, 0.25) is 0 Å². The van der Waals surface area contributed by atoms with Crippen molar-refractivity contribution in [3.8, 4) is 0 Å². The molecule has 2 heterocycles. The fourth-order valence-corrected chi connectivity index (χ4v) is 5.49. The zero-order valence-corrected chi connectivity index (χ0v) is 22.3. The first-order valence-electron chi connectivity index (χ1n) is 11.3. The molecule has 6 nitrogen and oxygen atoms in total. The van der Waals surface area contributed by atoms with Crippen LogP contribution in [0.2, 0.25) is 10.0 Å². The van der Waals surface area contributed by atoms with Crippen LogP contribution < -0.4 is 0 Å². The number of ether oxygens (including phenoxy) is 1. The molecule has 1 aromatic heterocycles. The van der Waals surface area contributed by atoms with Crippen LogP contribution in [0.25, 0.3) is 17.0 Å². The molecule has 0 N–H and O–H groups in total. The number of para-hydroxylation sites is 1. The number of benzene rings is 3. The van der Waals surface area contributed by atoms with Gasteiger partial charge >= 0.3 is 5.97 Å². The molecule has 0 saturated carbocycles. The Morgan fingerprint density at radius 3 is 2.57 bits per heavy atom. The van der Waals surface area contributed by atoms with E-state index in [4.69, 9.17) is 27.9 Å². The van der Waals surface area contributed by atoms with Crippen LogP contribution in [-0.2, 0) is 16.1 Å². The van der Waals surface area contributed by atoms with Crippen molar-refractivity contribution in [1.82, 2.24) is 9.47 Å². The van der Waals surface area contributed by atoms with Crippen LogP contribution in [0.15, 0.2) is 82.8 Å². The predicted molar refractivity (Wildman–Crippen MR) is 151 cm³/mol. The molecule has 1 fully saturated rings. The van der Waals surface area contributed by atoms with E-state index in [1.165, 1.54) is 23.8 Å². The number of hydrogen-bond acceptors (Lipinski definition) is 5. The number of methoxy groups -OCH3 is 1. The number of aliphatic imine (C=N–C) groups is 1. The molecule has 1 amide bonds. The van der Waals surface area contributed by atoms with Crippen LogP contribution in [0.1, 0.15) is 21.5 Å². The molecule has 1 aliphatic rings. The summed E-state index contributed by atoms with van der Waals surface area (Å²) >= 11 is 13.8. The highest BCUT2D eigenvalue weighted by molar-refractivity contribution is 8.18. The van der Waals surface area contributed by atoms with E-state index in [1.807, 2.05) is 48.7 Å². The lowest BCUT2D eigenvalue weighted by atomic mass is 10.1. The van der Waals surface area contributed by atoms with Gasteiger partial charge in [0, 0.05) is 46.3 Å². The molecule has 0 aliphatic carbocycles. The van der Waals surface area contributed by atoms with Crippen molar-refractivity contribution in [2.24, 2.45) is 4.99 Å². The number of amidine groups is 1. The van der Waals surface area contributed by atoms with Crippen LogP contribution in [0.4, 0.5) is 5.69 Å². The number of rotatable bonds is 5. The Kier molecular flexibility index (Phi) is 7.11. The molecule has 5 rings (SSSR count). The van der Waals surface area contributed by atoms with Gasteiger partial charge in [0.25, 0.3) is 5.91 Å². The van der Waals surface area contributed by atoms with E-state index >= 15 is 0 Å². The van der Waals surface area contributed by atoms with Crippen LogP contribution >= 0.6 is 35.0 Å². The van der Waals surface area contributed by atoms with Gasteiger partial charge in [-0.15, -0.1) is 0 Å². The van der Waals surface area contributed by atoms with Gasteiger partial charge in [0.1, 0.15) is 0 Å². The first-order chi connectivity index (χ1) is 17.8. The van der Waals surface area contributed by atoms with E-state index in [2.05, 4.69) is 9.56 Å². The van der Waals surface area contributed by atoms with Gasteiger partial charge in [-0.05, 0) is 65.9 Å². The Morgan fingerprint density at radius 1 is 1.08 bits per heavy atom. The summed E-state index contributed by atoms with van der Waals surface area (Å²) in [7, 11) is 3.04. The average Bonchev–Trinajstić information content (AvgIpc) is 3.38. The smallest absolute Gasteiger partial charge is 0.337 e. The zero-order chi connectivity index (χ0) is 26.1. The second kappa shape index (κ2) is 10.5. The number of aromatic nitrogens is 1. The number of fused-ring (bicyclic) bond motifs is 1. The van der Waals surface area contributed by atoms with Crippen molar-refractivity contribution in [2.75, 3.05) is 14.2 Å². The Hall–Kier alpha value is -3.52. The highest BCUT2D eigenvalue weighted by atomic mass is 35.5. The molecule has 0 bridgehead atoms. The summed E-state index contributed by atoms with van der Waals surface area (Å²) in [6.07, 6.45) is 3.92.